The highest BCUT2D eigenvalue weighted by molar-refractivity contribution is 7.17. The highest BCUT2D eigenvalue weighted by atomic mass is 35.5. The minimum absolute atomic E-state index is 0. The van der Waals surface area contributed by atoms with E-state index in [9.17, 15) is 9.59 Å². The number of nitrogens with one attached hydrogen (secondary N) is 1. The fraction of sp³-hybridized carbons (Fsp3) is 0.333. The average Bonchev–Trinajstić information content (AvgIpc) is 3.13. The van der Waals surface area contributed by atoms with Crippen molar-refractivity contribution in [3.05, 3.63) is 86.8 Å². The van der Waals surface area contributed by atoms with Crippen LogP contribution in [0.25, 0.3) is 0 Å². The smallest absolute Gasteiger partial charge is 0.341 e. The first-order valence-electron chi connectivity index (χ1n) is 11.4. The van der Waals surface area contributed by atoms with Crippen LogP contribution in [-0.4, -0.2) is 29.9 Å². The summed E-state index contributed by atoms with van der Waals surface area (Å²) in [4.78, 5) is 29.2. The molecular weight excluding hydrogens is 468 g/mol. The van der Waals surface area contributed by atoms with Crippen LogP contribution in [0.3, 0.4) is 0 Å². The Balaban J connectivity index is 0.00000324. The molecule has 1 amide bonds. The van der Waals surface area contributed by atoms with E-state index in [1.807, 2.05) is 32.0 Å². The fourth-order valence-electron chi connectivity index (χ4n) is 4.33. The summed E-state index contributed by atoms with van der Waals surface area (Å²) in [5.41, 5.74) is 6.08. The van der Waals surface area contributed by atoms with Crippen molar-refractivity contribution in [2.75, 3.05) is 18.5 Å². The summed E-state index contributed by atoms with van der Waals surface area (Å²) in [5, 5.41) is 3.63. The van der Waals surface area contributed by atoms with Crippen molar-refractivity contribution in [2.24, 2.45) is 0 Å². The lowest BCUT2D eigenvalue weighted by Crippen LogP contribution is -2.30. The van der Waals surface area contributed by atoms with Crippen molar-refractivity contribution in [1.29, 1.82) is 0 Å². The first kappa shape index (κ1) is 25.9. The Kier molecular flexibility index (Phi) is 8.89. The summed E-state index contributed by atoms with van der Waals surface area (Å²) in [6.45, 7) is 8.65. The number of halogens is 1. The van der Waals surface area contributed by atoms with Crippen molar-refractivity contribution in [2.45, 2.75) is 46.7 Å². The zero-order valence-corrected chi connectivity index (χ0v) is 21.5. The van der Waals surface area contributed by atoms with Gasteiger partial charge in [0.05, 0.1) is 18.6 Å². The van der Waals surface area contributed by atoms with Crippen LogP contribution in [0.4, 0.5) is 5.00 Å². The Morgan fingerprint density at radius 2 is 1.88 bits per heavy atom. The SMILES string of the molecule is CCOC(=O)c1c(NC(=O)Cc2ccc(C)cc2C)sc2c1CCN(Cc1ccccc1)C2.Cl. The highest BCUT2D eigenvalue weighted by Gasteiger charge is 2.29. The lowest BCUT2D eigenvalue weighted by atomic mass is 10.0. The van der Waals surface area contributed by atoms with Crippen molar-refractivity contribution in [3.63, 3.8) is 0 Å². The zero-order chi connectivity index (χ0) is 23.4. The second-order valence-electron chi connectivity index (χ2n) is 8.53. The lowest BCUT2D eigenvalue weighted by molar-refractivity contribution is -0.115. The van der Waals surface area contributed by atoms with E-state index in [-0.39, 0.29) is 30.7 Å². The van der Waals surface area contributed by atoms with Crippen LogP contribution in [0.15, 0.2) is 48.5 Å². The van der Waals surface area contributed by atoms with Gasteiger partial charge in [0.25, 0.3) is 0 Å². The standard InChI is InChI=1S/C27H30N2O3S.ClH/c1-4-32-27(31)25-22-12-13-29(16-20-8-6-5-7-9-20)17-23(22)33-26(25)28-24(30)15-21-11-10-18(2)14-19(21)3;/h5-11,14H,4,12-13,15-17H2,1-3H3,(H,28,30);1H. The molecule has 0 radical (unpaired) electrons. The number of amides is 1. The van der Waals surface area contributed by atoms with E-state index in [1.54, 1.807) is 6.92 Å². The molecular formula is C27H31ClN2O3S. The Morgan fingerprint density at radius 3 is 2.59 bits per heavy atom. The molecule has 0 fully saturated rings. The number of ether oxygens (including phenoxy) is 1. The predicted octanol–water partition coefficient (Wildman–Crippen LogP) is 5.70. The molecule has 180 valence electrons. The van der Waals surface area contributed by atoms with Crippen molar-refractivity contribution < 1.29 is 14.3 Å². The van der Waals surface area contributed by atoms with Crippen molar-refractivity contribution in [3.8, 4) is 0 Å². The van der Waals surface area contributed by atoms with Gasteiger partial charge in [-0.3, -0.25) is 9.69 Å². The monoisotopic (exact) mass is 498 g/mol. The van der Waals surface area contributed by atoms with Gasteiger partial charge in [0.2, 0.25) is 5.91 Å². The molecule has 0 saturated carbocycles. The van der Waals surface area contributed by atoms with Gasteiger partial charge < -0.3 is 10.1 Å². The number of hydrogen-bond donors (Lipinski definition) is 1. The Hall–Kier alpha value is -2.67. The summed E-state index contributed by atoms with van der Waals surface area (Å²) in [6, 6.07) is 16.5. The molecule has 0 unspecified atom stereocenters. The molecule has 2 aromatic carbocycles. The number of thiophene rings is 1. The van der Waals surface area contributed by atoms with Gasteiger partial charge in [0.15, 0.2) is 0 Å². The molecule has 1 aliphatic heterocycles. The number of nitrogens with zero attached hydrogens (tertiary/aromatic N) is 1. The normalized spacial score (nSPS) is 13.0. The van der Waals surface area contributed by atoms with Crippen LogP contribution in [0.2, 0.25) is 0 Å². The lowest BCUT2D eigenvalue weighted by Gasteiger charge is -2.27. The predicted molar refractivity (Wildman–Crippen MR) is 140 cm³/mol. The van der Waals surface area contributed by atoms with E-state index in [2.05, 4.69) is 40.5 Å². The van der Waals surface area contributed by atoms with E-state index in [1.165, 1.54) is 22.5 Å². The highest BCUT2D eigenvalue weighted by Crippen LogP contribution is 2.38. The number of carbonyl (C=O) groups excluding carboxylic acids is 2. The number of hydrogen-bond acceptors (Lipinski definition) is 5. The van der Waals surface area contributed by atoms with Gasteiger partial charge in [-0.1, -0.05) is 54.1 Å². The molecule has 1 aliphatic rings. The van der Waals surface area contributed by atoms with Crippen LogP contribution < -0.4 is 5.32 Å². The molecule has 1 aromatic heterocycles. The summed E-state index contributed by atoms with van der Waals surface area (Å²) >= 11 is 1.50. The van der Waals surface area contributed by atoms with E-state index < -0.39 is 0 Å². The van der Waals surface area contributed by atoms with Crippen LogP contribution in [0, 0.1) is 13.8 Å². The summed E-state index contributed by atoms with van der Waals surface area (Å²) < 4.78 is 5.35. The number of carbonyl (C=O) groups is 2. The molecule has 7 heteroatoms. The summed E-state index contributed by atoms with van der Waals surface area (Å²) in [7, 11) is 0. The minimum atomic E-state index is -0.353. The van der Waals surface area contributed by atoms with Gasteiger partial charge in [-0.2, -0.15) is 0 Å². The molecule has 0 aliphatic carbocycles. The van der Waals surface area contributed by atoms with Crippen LogP contribution >= 0.6 is 23.7 Å². The number of esters is 1. The number of rotatable bonds is 7. The number of aryl methyl sites for hydroxylation is 2. The number of anilines is 1. The molecule has 4 rings (SSSR count). The first-order chi connectivity index (χ1) is 15.9. The summed E-state index contributed by atoms with van der Waals surface area (Å²) in [6.07, 6.45) is 1.04. The third kappa shape index (κ3) is 6.06. The Bertz CT molecular complexity index is 1160. The van der Waals surface area contributed by atoms with Crippen LogP contribution in [0.1, 0.15) is 50.0 Å². The fourth-order valence-corrected chi connectivity index (χ4v) is 5.62. The molecule has 2 heterocycles. The second kappa shape index (κ2) is 11.6. The van der Waals surface area contributed by atoms with E-state index in [0.29, 0.717) is 17.2 Å². The molecule has 5 nitrogen and oxygen atoms in total. The van der Waals surface area contributed by atoms with E-state index in [0.717, 1.165) is 47.6 Å². The molecule has 0 bridgehead atoms. The number of benzene rings is 2. The van der Waals surface area contributed by atoms with Gasteiger partial charge >= 0.3 is 5.97 Å². The maximum atomic E-state index is 12.9. The minimum Gasteiger partial charge on any atom is -0.462 e. The van der Waals surface area contributed by atoms with E-state index >= 15 is 0 Å². The maximum absolute atomic E-state index is 12.9. The average molecular weight is 499 g/mol. The largest absolute Gasteiger partial charge is 0.462 e. The van der Waals surface area contributed by atoms with E-state index in [4.69, 9.17) is 4.74 Å². The molecule has 0 spiro atoms. The quantitative estimate of drug-likeness (QED) is 0.424. The van der Waals surface area contributed by atoms with Crippen LogP contribution in [0.5, 0.6) is 0 Å². The Labute approximate surface area is 211 Å². The Morgan fingerprint density at radius 1 is 1.12 bits per heavy atom. The van der Waals surface area contributed by atoms with Crippen molar-refractivity contribution >= 4 is 40.6 Å². The van der Waals surface area contributed by atoms with Gasteiger partial charge in [-0.15, -0.1) is 23.7 Å². The third-order valence-corrected chi connectivity index (χ3v) is 7.10. The molecule has 34 heavy (non-hydrogen) atoms. The molecule has 1 N–H and O–H groups in total. The molecule has 0 saturated heterocycles. The number of fused-ring (bicyclic) bond motifs is 1. The molecule has 3 aromatic rings. The van der Waals surface area contributed by atoms with Crippen molar-refractivity contribution in [1.82, 2.24) is 4.90 Å². The topological polar surface area (TPSA) is 58.6 Å². The second-order valence-corrected chi connectivity index (χ2v) is 9.63. The maximum Gasteiger partial charge on any atom is 0.341 e. The summed E-state index contributed by atoms with van der Waals surface area (Å²) in [5.74, 6) is -0.472. The van der Waals surface area contributed by atoms with Gasteiger partial charge in [-0.25, -0.2) is 4.79 Å². The zero-order valence-electron chi connectivity index (χ0n) is 19.8. The third-order valence-electron chi connectivity index (χ3n) is 5.97. The van der Waals surface area contributed by atoms with Gasteiger partial charge in [-0.05, 0) is 49.4 Å². The first-order valence-corrected chi connectivity index (χ1v) is 12.2. The van der Waals surface area contributed by atoms with Gasteiger partial charge in [0.1, 0.15) is 5.00 Å². The van der Waals surface area contributed by atoms with Gasteiger partial charge in [0, 0.05) is 24.5 Å². The molecule has 0 atom stereocenters. The van der Waals surface area contributed by atoms with Crippen LogP contribution in [-0.2, 0) is 35.5 Å².